The maximum absolute atomic E-state index is 13.2. The first-order valence-electron chi connectivity index (χ1n) is 6.14. The molecule has 0 aliphatic heterocycles. The molecule has 1 aromatic carbocycles. The number of halogens is 2. The molecule has 0 spiro atoms. The maximum atomic E-state index is 13.2. The molecular formula is C14H16F2N2O. The van der Waals surface area contributed by atoms with Crippen LogP contribution in [0.2, 0.25) is 0 Å². The van der Waals surface area contributed by atoms with E-state index in [0.717, 1.165) is 25.5 Å². The minimum Gasteiger partial charge on any atom is -0.357 e. The molecule has 1 saturated carbocycles. The quantitative estimate of drug-likeness (QED) is 0.777. The Morgan fingerprint density at radius 3 is 2.74 bits per heavy atom. The highest BCUT2D eigenvalue weighted by molar-refractivity contribution is 5.54. The van der Waals surface area contributed by atoms with Crippen molar-refractivity contribution in [2.24, 2.45) is 0 Å². The fourth-order valence-electron chi connectivity index (χ4n) is 1.81. The maximum Gasteiger partial charge on any atom is 0.270 e. The number of anilines is 1. The smallest absolute Gasteiger partial charge is 0.270 e. The number of alkyl halides is 2. The third kappa shape index (κ3) is 3.77. The standard InChI is InChI=1S/C14H16F2N2O/c1-14(15,16)11-3-2-4-12(7-11)18-13(8-17-9-19)10-5-6-10/h2-4,7,9,18H,5-6,8H2,1H3,(H,17,19). The van der Waals surface area contributed by atoms with Crippen molar-refractivity contribution in [2.45, 2.75) is 25.7 Å². The Morgan fingerprint density at radius 2 is 2.16 bits per heavy atom. The molecule has 2 rings (SSSR count). The Hall–Kier alpha value is -1.91. The van der Waals surface area contributed by atoms with Crippen LogP contribution in [0.5, 0.6) is 0 Å². The topological polar surface area (TPSA) is 41.1 Å². The van der Waals surface area contributed by atoms with Gasteiger partial charge in [-0.05, 0) is 30.5 Å². The molecule has 1 aliphatic rings. The highest BCUT2D eigenvalue weighted by Crippen LogP contribution is 2.33. The molecule has 0 saturated heterocycles. The monoisotopic (exact) mass is 266 g/mol. The first-order valence-corrected chi connectivity index (χ1v) is 6.14. The molecular weight excluding hydrogens is 250 g/mol. The molecule has 0 aromatic heterocycles. The zero-order valence-corrected chi connectivity index (χ0v) is 10.7. The van der Waals surface area contributed by atoms with Gasteiger partial charge in [0.2, 0.25) is 6.41 Å². The summed E-state index contributed by atoms with van der Waals surface area (Å²) in [7, 11) is 0. The first-order chi connectivity index (χ1) is 9.00. The van der Waals surface area contributed by atoms with Crippen molar-refractivity contribution in [1.29, 1.82) is 0 Å². The average molecular weight is 266 g/mol. The number of nitrogens with one attached hydrogen (secondary N) is 2. The molecule has 2 N–H and O–H groups in total. The van der Waals surface area contributed by atoms with Crippen molar-refractivity contribution in [3.05, 3.63) is 41.1 Å². The largest absolute Gasteiger partial charge is 0.357 e. The highest BCUT2D eigenvalue weighted by atomic mass is 19.3. The Kier molecular flexibility index (Phi) is 3.83. The van der Waals surface area contributed by atoms with E-state index in [0.29, 0.717) is 18.6 Å². The van der Waals surface area contributed by atoms with Gasteiger partial charge in [0.15, 0.2) is 0 Å². The van der Waals surface area contributed by atoms with Crippen LogP contribution in [0.15, 0.2) is 35.5 Å². The van der Waals surface area contributed by atoms with Crippen molar-refractivity contribution in [3.63, 3.8) is 0 Å². The van der Waals surface area contributed by atoms with Gasteiger partial charge in [-0.2, -0.15) is 0 Å². The number of carbonyl (C=O) groups is 1. The Balaban J connectivity index is 2.14. The molecule has 1 aromatic rings. The van der Waals surface area contributed by atoms with Gasteiger partial charge in [-0.15, -0.1) is 0 Å². The lowest BCUT2D eigenvalue weighted by atomic mass is 10.1. The van der Waals surface area contributed by atoms with Crippen LogP contribution in [-0.4, -0.2) is 13.0 Å². The van der Waals surface area contributed by atoms with Crippen molar-refractivity contribution in [2.75, 3.05) is 11.9 Å². The van der Waals surface area contributed by atoms with Crippen LogP contribution in [0.3, 0.4) is 0 Å². The van der Waals surface area contributed by atoms with Gasteiger partial charge in [-0.3, -0.25) is 4.79 Å². The van der Waals surface area contributed by atoms with Crippen LogP contribution in [0.4, 0.5) is 14.5 Å². The molecule has 3 nitrogen and oxygen atoms in total. The van der Waals surface area contributed by atoms with E-state index in [4.69, 9.17) is 0 Å². The minimum absolute atomic E-state index is 0.0269. The summed E-state index contributed by atoms with van der Waals surface area (Å²) in [6, 6.07) is 6.17. The Bertz CT molecular complexity index is 500. The van der Waals surface area contributed by atoms with Gasteiger partial charge < -0.3 is 10.6 Å². The zero-order valence-electron chi connectivity index (χ0n) is 10.7. The van der Waals surface area contributed by atoms with Crippen LogP contribution < -0.4 is 10.6 Å². The lowest BCUT2D eigenvalue weighted by Crippen LogP contribution is -2.19. The van der Waals surface area contributed by atoms with Gasteiger partial charge in [-0.25, -0.2) is 8.78 Å². The van der Waals surface area contributed by atoms with Gasteiger partial charge in [0.25, 0.3) is 5.92 Å². The fraction of sp³-hybridized carbons (Fsp3) is 0.357. The van der Waals surface area contributed by atoms with E-state index in [9.17, 15) is 13.6 Å². The van der Waals surface area contributed by atoms with Gasteiger partial charge in [0, 0.05) is 23.9 Å². The van der Waals surface area contributed by atoms with Gasteiger partial charge in [-0.1, -0.05) is 12.1 Å². The molecule has 0 unspecified atom stereocenters. The molecule has 0 heterocycles. The molecule has 1 fully saturated rings. The van der Waals surface area contributed by atoms with E-state index in [2.05, 4.69) is 10.6 Å². The molecule has 19 heavy (non-hydrogen) atoms. The Labute approximate surface area is 110 Å². The lowest BCUT2D eigenvalue weighted by molar-refractivity contribution is -0.109. The summed E-state index contributed by atoms with van der Waals surface area (Å²) in [6.45, 7) is 1.27. The van der Waals surface area contributed by atoms with E-state index in [1.165, 1.54) is 17.7 Å². The van der Waals surface area contributed by atoms with Gasteiger partial charge in [0.05, 0.1) is 6.54 Å². The number of benzene rings is 1. The third-order valence-corrected chi connectivity index (χ3v) is 2.95. The average Bonchev–Trinajstić information content (AvgIpc) is 3.18. The zero-order chi connectivity index (χ0) is 13.9. The Morgan fingerprint density at radius 1 is 1.42 bits per heavy atom. The summed E-state index contributed by atoms with van der Waals surface area (Å²) in [5.74, 6) is -2.86. The SMILES string of the molecule is CC(F)(F)c1cccc(NC(CNC=O)=C2CC2)c1. The summed E-state index contributed by atoms with van der Waals surface area (Å²) < 4.78 is 26.5. The van der Waals surface area contributed by atoms with Crippen molar-refractivity contribution < 1.29 is 13.6 Å². The van der Waals surface area contributed by atoms with Gasteiger partial charge in [0.1, 0.15) is 0 Å². The second kappa shape index (κ2) is 5.38. The number of allylic oxidation sites excluding steroid dienone is 1. The highest BCUT2D eigenvalue weighted by Gasteiger charge is 2.24. The predicted octanol–water partition coefficient (Wildman–Crippen LogP) is 3.00. The van der Waals surface area contributed by atoms with Crippen LogP contribution in [0.25, 0.3) is 0 Å². The van der Waals surface area contributed by atoms with E-state index in [-0.39, 0.29) is 5.56 Å². The summed E-state index contributed by atoms with van der Waals surface area (Å²) >= 11 is 0. The molecule has 1 amide bonds. The van der Waals surface area contributed by atoms with E-state index in [1.54, 1.807) is 12.1 Å². The number of hydrogen-bond acceptors (Lipinski definition) is 2. The third-order valence-electron chi connectivity index (χ3n) is 2.95. The number of hydrogen-bond donors (Lipinski definition) is 2. The van der Waals surface area contributed by atoms with E-state index >= 15 is 0 Å². The van der Waals surface area contributed by atoms with E-state index in [1.807, 2.05) is 0 Å². The normalized spacial score (nSPS) is 13.9. The fourth-order valence-corrected chi connectivity index (χ4v) is 1.81. The van der Waals surface area contributed by atoms with E-state index < -0.39 is 5.92 Å². The van der Waals surface area contributed by atoms with Crippen molar-refractivity contribution in [3.8, 4) is 0 Å². The summed E-state index contributed by atoms with van der Waals surface area (Å²) in [5, 5.41) is 5.70. The van der Waals surface area contributed by atoms with Crippen LogP contribution in [0, 0.1) is 0 Å². The molecule has 0 bridgehead atoms. The minimum atomic E-state index is -2.86. The molecule has 0 radical (unpaired) electrons. The first kappa shape index (κ1) is 13.5. The molecule has 102 valence electrons. The van der Waals surface area contributed by atoms with Crippen LogP contribution in [-0.2, 0) is 10.7 Å². The molecule has 5 heteroatoms. The molecule has 1 aliphatic carbocycles. The predicted molar refractivity (Wildman–Crippen MR) is 70.0 cm³/mol. The lowest BCUT2D eigenvalue weighted by Gasteiger charge is -2.14. The summed E-state index contributed by atoms with van der Waals surface area (Å²) in [5.41, 5.74) is 2.70. The second-order valence-corrected chi connectivity index (χ2v) is 4.68. The van der Waals surface area contributed by atoms with Crippen LogP contribution >= 0.6 is 0 Å². The summed E-state index contributed by atoms with van der Waals surface area (Å²) in [4.78, 5) is 10.3. The van der Waals surface area contributed by atoms with Crippen molar-refractivity contribution in [1.82, 2.24) is 5.32 Å². The number of rotatable bonds is 6. The number of carbonyl (C=O) groups excluding carboxylic acids is 1. The van der Waals surface area contributed by atoms with Gasteiger partial charge >= 0.3 is 0 Å². The van der Waals surface area contributed by atoms with Crippen molar-refractivity contribution >= 4 is 12.1 Å². The van der Waals surface area contributed by atoms with Crippen LogP contribution in [0.1, 0.15) is 25.3 Å². The summed E-state index contributed by atoms with van der Waals surface area (Å²) in [6.07, 6.45) is 2.61. The number of amides is 1. The molecule has 0 atom stereocenters. The second-order valence-electron chi connectivity index (χ2n) is 4.68.